The van der Waals surface area contributed by atoms with Crippen LogP contribution in [0.3, 0.4) is 0 Å². The van der Waals surface area contributed by atoms with E-state index in [0.717, 1.165) is 55.7 Å². The van der Waals surface area contributed by atoms with E-state index in [0.29, 0.717) is 6.42 Å². The lowest BCUT2D eigenvalue weighted by atomic mass is 9.60. The summed E-state index contributed by atoms with van der Waals surface area (Å²) in [4.78, 5) is 15.8. The molecule has 1 saturated heterocycles. The van der Waals surface area contributed by atoms with Gasteiger partial charge in [0.1, 0.15) is 0 Å². The SMILES string of the molecule is CCC(CC)(CO)C[C@H]1CC(C(=O)OC)=C2Nc3ccccc3[C@]23CCN(Cc2ccccc2)[C@H]13. The van der Waals surface area contributed by atoms with Gasteiger partial charge in [-0.15, -0.1) is 0 Å². The molecule has 2 aliphatic heterocycles. The average Bonchev–Trinajstić information content (AvgIpc) is 3.45. The first-order valence-electron chi connectivity index (χ1n) is 13.1. The number of aliphatic hydroxyl groups excluding tert-OH is 1. The molecule has 0 bridgehead atoms. The van der Waals surface area contributed by atoms with Crippen LogP contribution in [0.4, 0.5) is 5.69 Å². The van der Waals surface area contributed by atoms with Gasteiger partial charge >= 0.3 is 5.97 Å². The first-order valence-corrected chi connectivity index (χ1v) is 13.1. The van der Waals surface area contributed by atoms with Gasteiger partial charge in [-0.3, -0.25) is 4.90 Å². The summed E-state index contributed by atoms with van der Waals surface area (Å²) in [6.45, 7) is 6.40. The largest absolute Gasteiger partial charge is 0.466 e. The van der Waals surface area contributed by atoms with E-state index in [1.165, 1.54) is 18.2 Å². The fourth-order valence-corrected chi connectivity index (χ4v) is 7.24. The number of fused-ring (bicyclic) bond motifs is 1. The van der Waals surface area contributed by atoms with E-state index in [2.05, 4.69) is 78.7 Å². The van der Waals surface area contributed by atoms with E-state index in [-0.39, 0.29) is 35.4 Å². The molecule has 35 heavy (non-hydrogen) atoms. The molecule has 5 heteroatoms. The molecular weight excluding hydrogens is 436 g/mol. The number of aliphatic hydroxyl groups is 1. The van der Waals surface area contributed by atoms with Gasteiger partial charge < -0.3 is 15.2 Å². The highest BCUT2D eigenvalue weighted by Crippen LogP contribution is 2.60. The van der Waals surface area contributed by atoms with Gasteiger partial charge in [-0.05, 0) is 60.6 Å². The lowest BCUT2D eigenvalue weighted by Crippen LogP contribution is -2.52. The number of methoxy groups -OCH3 is 1. The van der Waals surface area contributed by atoms with Crippen LogP contribution in [0.1, 0.15) is 57.1 Å². The Morgan fingerprint density at radius 2 is 1.86 bits per heavy atom. The van der Waals surface area contributed by atoms with E-state index in [9.17, 15) is 9.90 Å². The summed E-state index contributed by atoms with van der Waals surface area (Å²) in [6.07, 6.45) is 4.37. The highest BCUT2D eigenvalue weighted by Gasteiger charge is 2.61. The first kappa shape index (κ1) is 24.1. The Bertz CT molecular complexity index is 1100. The molecule has 1 spiro atoms. The quantitative estimate of drug-likeness (QED) is 0.511. The maximum atomic E-state index is 13.2. The van der Waals surface area contributed by atoms with Crippen molar-refractivity contribution in [1.82, 2.24) is 4.90 Å². The molecule has 3 atom stereocenters. The van der Waals surface area contributed by atoms with Crippen molar-refractivity contribution < 1.29 is 14.6 Å². The van der Waals surface area contributed by atoms with Crippen molar-refractivity contribution in [2.24, 2.45) is 11.3 Å². The third kappa shape index (κ3) is 3.80. The zero-order chi connectivity index (χ0) is 24.6. The molecule has 0 aromatic heterocycles. The summed E-state index contributed by atoms with van der Waals surface area (Å²) >= 11 is 0. The Morgan fingerprint density at radius 1 is 1.14 bits per heavy atom. The summed E-state index contributed by atoms with van der Waals surface area (Å²) in [5.74, 6) is 0.00584. The van der Waals surface area contributed by atoms with Crippen molar-refractivity contribution in [3.63, 3.8) is 0 Å². The van der Waals surface area contributed by atoms with E-state index in [4.69, 9.17) is 4.74 Å². The number of ether oxygens (including phenoxy) is 1. The van der Waals surface area contributed by atoms with Gasteiger partial charge in [-0.1, -0.05) is 62.4 Å². The van der Waals surface area contributed by atoms with Gasteiger partial charge in [-0.2, -0.15) is 0 Å². The van der Waals surface area contributed by atoms with E-state index in [1.807, 2.05) is 0 Å². The maximum absolute atomic E-state index is 13.2. The normalized spacial score (nSPS) is 25.6. The molecule has 0 radical (unpaired) electrons. The number of benzene rings is 2. The molecule has 5 nitrogen and oxygen atoms in total. The maximum Gasteiger partial charge on any atom is 0.335 e. The van der Waals surface area contributed by atoms with Crippen LogP contribution in [0.15, 0.2) is 65.9 Å². The Morgan fingerprint density at radius 3 is 2.54 bits per heavy atom. The predicted octanol–water partition coefficient (Wildman–Crippen LogP) is 5.26. The number of nitrogens with one attached hydrogen (secondary N) is 1. The van der Waals surface area contributed by atoms with Crippen molar-refractivity contribution in [1.29, 1.82) is 0 Å². The Hall–Kier alpha value is -2.63. The second kappa shape index (κ2) is 9.44. The number of esters is 1. The number of carbonyl (C=O) groups is 1. The number of hydrogen-bond acceptors (Lipinski definition) is 5. The van der Waals surface area contributed by atoms with Gasteiger partial charge in [0.25, 0.3) is 0 Å². The zero-order valence-electron chi connectivity index (χ0n) is 21.2. The van der Waals surface area contributed by atoms with Crippen molar-refractivity contribution >= 4 is 11.7 Å². The average molecular weight is 475 g/mol. The minimum Gasteiger partial charge on any atom is -0.466 e. The van der Waals surface area contributed by atoms with Crippen LogP contribution in [0, 0.1) is 11.3 Å². The minimum absolute atomic E-state index is 0.142. The number of hydrogen-bond donors (Lipinski definition) is 2. The van der Waals surface area contributed by atoms with E-state index >= 15 is 0 Å². The van der Waals surface area contributed by atoms with E-state index < -0.39 is 0 Å². The highest BCUT2D eigenvalue weighted by molar-refractivity contribution is 5.93. The van der Waals surface area contributed by atoms with E-state index in [1.54, 1.807) is 0 Å². The molecular formula is C30H38N2O3. The highest BCUT2D eigenvalue weighted by atomic mass is 16.5. The van der Waals surface area contributed by atoms with Gasteiger partial charge in [-0.25, -0.2) is 4.79 Å². The third-order valence-electron chi connectivity index (χ3n) is 9.21. The molecule has 5 rings (SSSR count). The number of nitrogens with zero attached hydrogens (tertiary/aromatic N) is 1. The van der Waals surface area contributed by atoms with Crippen LogP contribution in [-0.4, -0.2) is 42.3 Å². The molecule has 2 N–H and O–H groups in total. The summed E-state index contributed by atoms with van der Waals surface area (Å²) in [5.41, 5.74) is 5.14. The fraction of sp³-hybridized carbons (Fsp3) is 0.500. The molecule has 0 saturated carbocycles. The molecule has 2 aromatic carbocycles. The minimum atomic E-state index is -0.263. The monoisotopic (exact) mass is 474 g/mol. The van der Waals surface area contributed by atoms with Crippen LogP contribution in [-0.2, 0) is 21.5 Å². The zero-order valence-corrected chi connectivity index (χ0v) is 21.2. The molecule has 2 heterocycles. The first-order chi connectivity index (χ1) is 17.0. The lowest BCUT2D eigenvalue weighted by Gasteiger charge is -2.48. The van der Waals surface area contributed by atoms with Crippen molar-refractivity contribution in [3.05, 3.63) is 77.0 Å². The van der Waals surface area contributed by atoms with Crippen LogP contribution < -0.4 is 5.32 Å². The fourth-order valence-electron chi connectivity index (χ4n) is 7.24. The number of anilines is 1. The Kier molecular flexibility index (Phi) is 6.49. The number of likely N-dealkylation sites (tertiary alicyclic amines) is 1. The topological polar surface area (TPSA) is 61.8 Å². The summed E-state index contributed by atoms with van der Waals surface area (Å²) < 4.78 is 5.32. The van der Waals surface area contributed by atoms with Crippen LogP contribution in [0.5, 0.6) is 0 Å². The Balaban J connectivity index is 1.66. The van der Waals surface area contributed by atoms with Gasteiger partial charge in [0.2, 0.25) is 0 Å². The molecule has 186 valence electrons. The smallest absolute Gasteiger partial charge is 0.335 e. The summed E-state index contributed by atoms with van der Waals surface area (Å²) in [6, 6.07) is 19.5. The lowest BCUT2D eigenvalue weighted by molar-refractivity contribution is -0.136. The standard InChI is InChI=1S/C30H38N2O3/c1-4-29(5-2,20-33)18-22-17-23(28(34)35-3)26-30(24-13-9-10-14-25(24)31-26)15-16-32(27(22)30)19-21-11-7-6-8-12-21/h6-14,22,27,31,33H,4-5,15-20H2,1-3H3/t22-,27-,30-/m1/s1. The van der Waals surface area contributed by atoms with Gasteiger partial charge in [0.15, 0.2) is 0 Å². The van der Waals surface area contributed by atoms with Crippen LogP contribution in [0.2, 0.25) is 0 Å². The summed E-state index contributed by atoms with van der Waals surface area (Å²) in [5, 5.41) is 14.2. The predicted molar refractivity (Wildman–Crippen MR) is 139 cm³/mol. The van der Waals surface area contributed by atoms with Crippen molar-refractivity contribution in [2.45, 2.75) is 64.0 Å². The van der Waals surface area contributed by atoms with Crippen LogP contribution in [0.25, 0.3) is 0 Å². The van der Waals surface area contributed by atoms with Crippen molar-refractivity contribution in [2.75, 3.05) is 25.6 Å². The number of rotatable bonds is 8. The molecule has 0 unspecified atom stereocenters. The number of para-hydroxylation sites is 1. The Labute approximate surface area is 209 Å². The second-order valence-electron chi connectivity index (χ2n) is 10.7. The van der Waals surface area contributed by atoms with Crippen molar-refractivity contribution in [3.8, 4) is 0 Å². The number of carbonyl (C=O) groups excluding carboxylic acids is 1. The second-order valence-corrected chi connectivity index (χ2v) is 10.7. The summed E-state index contributed by atoms with van der Waals surface area (Å²) in [7, 11) is 1.48. The third-order valence-corrected chi connectivity index (χ3v) is 9.21. The van der Waals surface area contributed by atoms with Gasteiger partial charge in [0.05, 0.1) is 18.1 Å². The molecule has 2 aromatic rings. The molecule has 1 aliphatic carbocycles. The molecule has 0 amide bonds. The molecule has 3 aliphatic rings. The van der Waals surface area contributed by atoms with Crippen LogP contribution >= 0.6 is 0 Å². The van der Waals surface area contributed by atoms with Gasteiger partial charge in [0, 0.05) is 37.1 Å². The molecule has 1 fully saturated rings.